The zero-order valence-electron chi connectivity index (χ0n) is 10.8. The standard InChI is InChI=1S/C11H24N2O2S/c1-11(2,3)9-16(14,15)13-6-5-10(8-13)7-12-4/h10,12H,5-9H2,1-4H3. The molecule has 4 nitrogen and oxygen atoms in total. The molecule has 0 radical (unpaired) electrons. The molecule has 0 amide bonds. The van der Waals surface area contributed by atoms with E-state index in [9.17, 15) is 8.42 Å². The number of sulfonamides is 1. The van der Waals surface area contributed by atoms with Gasteiger partial charge in [-0.2, -0.15) is 0 Å². The van der Waals surface area contributed by atoms with Crippen molar-refractivity contribution in [1.82, 2.24) is 9.62 Å². The molecule has 0 aromatic rings. The predicted molar refractivity (Wildman–Crippen MR) is 66.8 cm³/mol. The lowest BCUT2D eigenvalue weighted by Crippen LogP contribution is -2.36. The van der Waals surface area contributed by atoms with Crippen molar-refractivity contribution < 1.29 is 8.42 Å². The zero-order valence-corrected chi connectivity index (χ0v) is 11.6. The van der Waals surface area contributed by atoms with Crippen LogP contribution in [0.25, 0.3) is 0 Å². The largest absolute Gasteiger partial charge is 0.319 e. The van der Waals surface area contributed by atoms with Crippen LogP contribution in [-0.2, 0) is 10.0 Å². The zero-order chi connectivity index (χ0) is 12.4. The lowest BCUT2D eigenvalue weighted by molar-refractivity contribution is 0.415. The molecular formula is C11H24N2O2S. The van der Waals surface area contributed by atoms with Gasteiger partial charge in [-0.3, -0.25) is 0 Å². The lowest BCUT2D eigenvalue weighted by Gasteiger charge is -2.23. The first-order valence-corrected chi connectivity index (χ1v) is 7.48. The van der Waals surface area contributed by atoms with Gasteiger partial charge in [-0.25, -0.2) is 12.7 Å². The van der Waals surface area contributed by atoms with Gasteiger partial charge in [0.1, 0.15) is 0 Å². The summed E-state index contributed by atoms with van der Waals surface area (Å²) >= 11 is 0. The van der Waals surface area contributed by atoms with Crippen LogP contribution in [0.4, 0.5) is 0 Å². The maximum absolute atomic E-state index is 12.1. The van der Waals surface area contributed by atoms with Crippen LogP contribution in [0.5, 0.6) is 0 Å². The van der Waals surface area contributed by atoms with Gasteiger partial charge in [0.15, 0.2) is 0 Å². The molecule has 1 heterocycles. The Morgan fingerprint density at radius 2 is 2.00 bits per heavy atom. The molecule has 1 aliphatic rings. The topological polar surface area (TPSA) is 49.4 Å². The second kappa shape index (κ2) is 5.02. The predicted octanol–water partition coefficient (Wildman–Crippen LogP) is 0.904. The third-order valence-corrected chi connectivity index (χ3v) is 5.10. The second-order valence-electron chi connectivity index (χ2n) is 5.89. The maximum atomic E-state index is 12.1. The highest BCUT2D eigenvalue weighted by Crippen LogP contribution is 2.24. The fraction of sp³-hybridized carbons (Fsp3) is 1.00. The molecule has 0 aliphatic carbocycles. The van der Waals surface area contributed by atoms with Crippen molar-refractivity contribution in [3.05, 3.63) is 0 Å². The van der Waals surface area contributed by atoms with Crippen molar-refractivity contribution >= 4 is 10.0 Å². The van der Waals surface area contributed by atoms with Gasteiger partial charge in [0, 0.05) is 13.1 Å². The molecule has 96 valence electrons. The van der Waals surface area contributed by atoms with Gasteiger partial charge in [-0.15, -0.1) is 0 Å². The molecule has 5 heteroatoms. The number of nitrogens with zero attached hydrogens (tertiary/aromatic N) is 1. The quantitative estimate of drug-likeness (QED) is 0.804. The van der Waals surface area contributed by atoms with Gasteiger partial charge in [-0.1, -0.05) is 20.8 Å². The third kappa shape index (κ3) is 4.03. The first kappa shape index (κ1) is 13.9. The first-order chi connectivity index (χ1) is 7.24. The summed E-state index contributed by atoms with van der Waals surface area (Å²) in [6, 6.07) is 0. The van der Waals surface area contributed by atoms with Gasteiger partial charge in [0.25, 0.3) is 0 Å². The van der Waals surface area contributed by atoms with Crippen LogP contribution in [0.1, 0.15) is 27.2 Å². The Hall–Kier alpha value is -0.130. The van der Waals surface area contributed by atoms with Crippen molar-refractivity contribution in [3.8, 4) is 0 Å². The van der Waals surface area contributed by atoms with E-state index in [0.29, 0.717) is 19.0 Å². The Balaban J connectivity index is 2.59. The van der Waals surface area contributed by atoms with Crippen molar-refractivity contribution in [2.75, 3.05) is 32.4 Å². The minimum atomic E-state index is -3.06. The van der Waals surface area contributed by atoms with Crippen molar-refractivity contribution in [2.45, 2.75) is 27.2 Å². The monoisotopic (exact) mass is 248 g/mol. The van der Waals surface area contributed by atoms with Crippen LogP contribution < -0.4 is 5.32 Å². The summed E-state index contributed by atoms with van der Waals surface area (Å²) < 4.78 is 25.9. The molecule has 1 atom stereocenters. The fourth-order valence-corrected chi connectivity index (χ4v) is 4.24. The molecule has 0 aromatic carbocycles. The van der Waals surface area contributed by atoms with E-state index in [4.69, 9.17) is 0 Å². The summed E-state index contributed by atoms with van der Waals surface area (Å²) in [5.74, 6) is 0.714. The van der Waals surface area contributed by atoms with Crippen molar-refractivity contribution in [3.63, 3.8) is 0 Å². The van der Waals surface area contributed by atoms with Crippen LogP contribution in [-0.4, -0.2) is 45.2 Å². The lowest BCUT2D eigenvalue weighted by atomic mass is 10.0. The third-order valence-electron chi connectivity index (χ3n) is 2.75. The Kier molecular flexibility index (Phi) is 4.37. The SMILES string of the molecule is CNCC1CCN(S(=O)(=O)CC(C)(C)C)C1. The van der Waals surface area contributed by atoms with Gasteiger partial charge < -0.3 is 5.32 Å². The molecule has 16 heavy (non-hydrogen) atoms. The molecule has 1 rings (SSSR count). The fourth-order valence-electron chi connectivity index (χ4n) is 2.14. The molecule has 0 aromatic heterocycles. The molecule has 1 saturated heterocycles. The molecule has 1 N–H and O–H groups in total. The average Bonchev–Trinajstić information content (AvgIpc) is 2.49. The summed E-state index contributed by atoms with van der Waals surface area (Å²) in [6.45, 7) is 8.16. The number of hydrogen-bond donors (Lipinski definition) is 1. The van der Waals surface area contributed by atoms with E-state index in [2.05, 4.69) is 5.32 Å². The van der Waals surface area contributed by atoms with Crippen LogP contribution in [0.2, 0.25) is 0 Å². The minimum absolute atomic E-state index is 0.167. The van der Waals surface area contributed by atoms with Crippen LogP contribution in [0.15, 0.2) is 0 Å². The normalized spacial score (nSPS) is 23.9. The van der Waals surface area contributed by atoms with Crippen LogP contribution in [0.3, 0.4) is 0 Å². The minimum Gasteiger partial charge on any atom is -0.319 e. The number of hydrogen-bond acceptors (Lipinski definition) is 3. The highest BCUT2D eigenvalue weighted by molar-refractivity contribution is 7.89. The summed E-state index contributed by atoms with van der Waals surface area (Å²) in [6.07, 6.45) is 0.976. The summed E-state index contributed by atoms with van der Waals surface area (Å²) in [4.78, 5) is 0. The summed E-state index contributed by atoms with van der Waals surface area (Å²) in [5, 5.41) is 3.11. The first-order valence-electron chi connectivity index (χ1n) is 5.87. The van der Waals surface area contributed by atoms with Crippen LogP contribution in [0, 0.1) is 11.3 Å². The van der Waals surface area contributed by atoms with Gasteiger partial charge in [0.2, 0.25) is 10.0 Å². The van der Waals surface area contributed by atoms with E-state index in [-0.39, 0.29) is 11.2 Å². The molecule has 0 saturated carbocycles. The average molecular weight is 248 g/mol. The highest BCUT2D eigenvalue weighted by Gasteiger charge is 2.33. The molecule has 0 bridgehead atoms. The van der Waals surface area contributed by atoms with Crippen LogP contribution >= 0.6 is 0 Å². The van der Waals surface area contributed by atoms with E-state index in [1.54, 1.807) is 4.31 Å². The van der Waals surface area contributed by atoms with E-state index >= 15 is 0 Å². The van der Waals surface area contributed by atoms with E-state index < -0.39 is 10.0 Å². The molecular weight excluding hydrogens is 224 g/mol. The molecule has 0 spiro atoms. The smallest absolute Gasteiger partial charge is 0.214 e. The maximum Gasteiger partial charge on any atom is 0.214 e. The second-order valence-corrected chi connectivity index (χ2v) is 7.86. The Labute approximate surface area is 99.5 Å². The summed E-state index contributed by atoms with van der Waals surface area (Å²) in [7, 11) is -1.15. The van der Waals surface area contributed by atoms with E-state index in [1.165, 1.54) is 0 Å². The number of rotatable bonds is 4. The van der Waals surface area contributed by atoms with E-state index in [1.807, 2.05) is 27.8 Å². The molecule has 1 aliphatic heterocycles. The Morgan fingerprint density at radius 3 is 2.50 bits per heavy atom. The molecule has 1 unspecified atom stereocenters. The van der Waals surface area contributed by atoms with Crippen molar-refractivity contribution in [1.29, 1.82) is 0 Å². The van der Waals surface area contributed by atoms with Gasteiger partial charge in [-0.05, 0) is 31.3 Å². The number of nitrogens with one attached hydrogen (secondary N) is 1. The Bertz CT molecular complexity index is 319. The summed E-state index contributed by atoms with van der Waals surface area (Å²) in [5.41, 5.74) is -0.167. The van der Waals surface area contributed by atoms with Gasteiger partial charge >= 0.3 is 0 Å². The molecule has 1 fully saturated rings. The Morgan fingerprint density at radius 1 is 1.38 bits per heavy atom. The van der Waals surface area contributed by atoms with Crippen molar-refractivity contribution in [2.24, 2.45) is 11.3 Å². The van der Waals surface area contributed by atoms with Gasteiger partial charge in [0.05, 0.1) is 5.75 Å². The van der Waals surface area contributed by atoms with E-state index in [0.717, 1.165) is 13.0 Å². The highest BCUT2D eigenvalue weighted by atomic mass is 32.2.